The Morgan fingerprint density at radius 1 is 1.42 bits per heavy atom. The lowest BCUT2D eigenvalue weighted by Gasteiger charge is -2.55. The van der Waals surface area contributed by atoms with Gasteiger partial charge in [-0.15, -0.1) is 0 Å². The van der Waals surface area contributed by atoms with Crippen molar-refractivity contribution >= 4 is 5.91 Å². The van der Waals surface area contributed by atoms with Crippen LogP contribution in [-0.4, -0.2) is 45.7 Å². The molecule has 2 rings (SSSR count). The third-order valence-corrected chi connectivity index (χ3v) is 5.01. The molecule has 1 aromatic rings. The molecule has 0 spiro atoms. The minimum absolute atomic E-state index is 0.00112. The van der Waals surface area contributed by atoms with E-state index in [0.29, 0.717) is 13.2 Å². The van der Waals surface area contributed by atoms with Crippen molar-refractivity contribution in [1.29, 1.82) is 0 Å². The second-order valence-corrected chi connectivity index (χ2v) is 6.89. The molecule has 134 valence electrons. The van der Waals surface area contributed by atoms with E-state index in [9.17, 15) is 14.4 Å². The zero-order chi connectivity index (χ0) is 18.1. The van der Waals surface area contributed by atoms with Gasteiger partial charge in [0.05, 0.1) is 6.10 Å². The summed E-state index contributed by atoms with van der Waals surface area (Å²) in [7, 11) is 1.36. The summed E-state index contributed by atoms with van der Waals surface area (Å²) in [5.74, 6) is -0.332. The molecule has 1 fully saturated rings. The van der Waals surface area contributed by atoms with Gasteiger partial charge in [-0.05, 0) is 19.8 Å². The molecule has 7 heteroatoms. The molecule has 0 bridgehead atoms. The number of ether oxygens (including phenoxy) is 1. The smallest absolute Gasteiger partial charge is 0.328 e. The summed E-state index contributed by atoms with van der Waals surface area (Å²) in [6, 6.07) is 0.0122. The first-order valence-electron chi connectivity index (χ1n) is 8.46. The van der Waals surface area contributed by atoms with Crippen molar-refractivity contribution in [3.8, 4) is 0 Å². The second-order valence-electron chi connectivity index (χ2n) is 6.89. The van der Waals surface area contributed by atoms with Crippen LogP contribution in [0.5, 0.6) is 0 Å². The number of rotatable bonds is 6. The molecule has 1 saturated carbocycles. The number of nitrogens with one attached hydrogen (secondary N) is 1. The third kappa shape index (κ3) is 3.05. The van der Waals surface area contributed by atoms with E-state index in [0.717, 1.165) is 17.4 Å². The lowest BCUT2D eigenvalue weighted by molar-refractivity contribution is -0.140. The van der Waals surface area contributed by atoms with E-state index in [1.54, 1.807) is 4.90 Å². The number of aromatic amines is 1. The number of amides is 1. The fourth-order valence-electron chi connectivity index (χ4n) is 3.39. The molecule has 0 aromatic carbocycles. The number of H-pyrrole nitrogens is 1. The van der Waals surface area contributed by atoms with Crippen molar-refractivity contribution in [2.75, 3.05) is 13.2 Å². The second kappa shape index (κ2) is 6.93. The van der Waals surface area contributed by atoms with Gasteiger partial charge in [0, 0.05) is 37.9 Å². The first kappa shape index (κ1) is 18.4. The van der Waals surface area contributed by atoms with Crippen LogP contribution in [0.2, 0.25) is 0 Å². The van der Waals surface area contributed by atoms with Gasteiger partial charge >= 0.3 is 5.69 Å². The van der Waals surface area contributed by atoms with Gasteiger partial charge in [0.1, 0.15) is 5.56 Å². The highest BCUT2D eigenvalue weighted by molar-refractivity contribution is 5.94. The fourth-order valence-corrected chi connectivity index (χ4v) is 3.39. The minimum Gasteiger partial charge on any atom is -0.378 e. The van der Waals surface area contributed by atoms with Crippen molar-refractivity contribution in [3.05, 3.63) is 32.6 Å². The molecular formula is C17H27N3O4. The van der Waals surface area contributed by atoms with Gasteiger partial charge in [0.15, 0.2) is 0 Å². The average molecular weight is 337 g/mol. The van der Waals surface area contributed by atoms with Crippen LogP contribution in [-0.2, 0) is 11.8 Å². The van der Waals surface area contributed by atoms with Crippen LogP contribution in [0.1, 0.15) is 50.9 Å². The summed E-state index contributed by atoms with van der Waals surface area (Å²) < 4.78 is 6.67. The monoisotopic (exact) mass is 337 g/mol. The Labute approximate surface area is 141 Å². The Hall–Kier alpha value is -1.89. The van der Waals surface area contributed by atoms with Gasteiger partial charge < -0.3 is 14.6 Å². The molecule has 0 saturated heterocycles. The molecule has 2 atom stereocenters. The molecule has 24 heavy (non-hydrogen) atoms. The van der Waals surface area contributed by atoms with Crippen LogP contribution in [0.4, 0.5) is 0 Å². The number of carbonyl (C=O) groups is 1. The Balaban J connectivity index is 2.32. The van der Waals surface area contributed by atoms with Gasteiger partial charge in [-0.3, -0.25) is 14.2 Å². The Kier molecular flexibility index (Phi) is 5.32. The van der Waals surface area contributed by atoms with Gasteiger partial charge in [0.2, 0.25) is 0 Å². The highest BCUT2D eigenvalue weighted by Crippen LogP contribution is 2.46. The molecule has 0 radical (unpaired) electrons. The highest BCUT2D eigenvalue weighted by Gasteiger charge is 2.52. The summed E-state index contributed by atoms with van der Waals surface area (Å²) in [4.78, 5) is 40.9. The molecular weight excluding hydrogens is 310 g/mol. The van der Waals surface area contributed by atoms with Crippen LogP contribution in [0.25, 0.3) is 0 Å². The minimum atomic E-state index is -0.566. The van der Waals surface area contributed by atoms with Crippen LogP contribution in [0.15, 0.2) is 15.8 Å². The Morgan fingerprint density at radius 2 is 2.08 bits per heavy atom. The number of nitrogens with zero attached hydrogens (tertiary/aromatic N) is 2. The first-order chi connectivity index (χ1) is 11.3. The molecule has 1 heterocycles. The highest BCUT2D eigenvalue weighted by atomic mass is 16.5. The predicted octanol–water partition coefficient (Wildman–Crippen LogP) is 1.13. The van der Waals surface area contributed by atoms with Crippen molar-refractivity contribution < 1.29 is 9.53 Å². The maximum atomic E-state index is 13.0. The summed E-state index contributed by atoms with van der Waals surface area (Å²) in [5, 5.41) is 0. The lowest BCUT2D eigenvalue weighted by Crippen LogP contribution is -2.63. The molecule has 1 aliphatic carbocycles. The molecule has 1 aromatic heterocycles. The summed E-state index contributed by atoms with van der Waals surface area (Å²) in [6.07, 6.45) is 2.89. The maximum Gasteiger partial charge on any atom is 0.328 e. The SMILES string of the molecule is CCCN(C(=O)c1c[nH]c(=O)n(C)c1=O)[C@@H]1C[C@H](OCC)C1(C)C. The van der Waals surface area contributed by atoms with E-state index < -0.39 is 11.2 Å². The number of hydrogen-bond donors (Lipinski definition) is 1. The number of carbonyl (C=O) groups excluding carboxylic acids is 1. The van der Waals surface area contributed by atoms with E-state index in [4.69, 9.17) is 4.74 Å². The molecule has 1 amide bonds. The van der Waals surface area contributed by atoms with Gasteiger partial charge in [-0.2, -0.15) is 0 Å². The van der Waals surface area contributed by atoms with Crippen LogP contribution in [0, 0.1) is 5.41 Å². The molecule has 7 nitrogen and oxygen atoms in total. The summed E-state index contributed by atoms with van der Waals surface area (Å²) in [5.41, 5.74) is -1.27. The van der Waals surface area contributed by atoms with Crippen molar-refractivity contribution in [2.24, 2.45) is 12.5 Å². The normalized spacial score (nSPS) is 22.0. The van der Waals surface area contributed by atoms with E-state index in [1.165, 1.54) is 13.2 Å². The van der Waals surface area contributed by atoms with Crippen LogP contribution >= 0.6 is 0 Å². The van der Waals surface area contributed by atoms with Crippen LogP contribution < -0.4 is 11.2 Å². The fraction of sp³-hybridized carbons (Fsp3) is 0.706. The standard InChI is InChI=1S/C17H27N3O4/c1-6-8-20(12-9-13(24-7-2)17(12,3)4)15(22)11-10-18-16(23)19(5)14(11)21/h10,12-13H,6-9H2,1-5H3,(H,18,23)/t12-,13+/m1/s1. The van der Waals surface area contributed by atoms with Gasteiger partial charge in [-0.25, -0.2) is 4.79 Å². The summed E-state index contributed by atoms with van der Waals surface area (Å²) in [6.45, 7) is 9.33. The summed E-state index contributed by atoms with van der Waals surface area (Å²) >= 11 is 0. The zero-order valence-electron chi connectivity index (χ0n) is 15.1. The maximum absolute atomic E-state index is 13.0. The molecule has 0 aliphatic heterocycles. The number of hydrogen-bond acceptors (Lipinski definition) is 4. The molecule has 1 N–H and O–H groups in total. The topological polar surface area (TPSA) is 84.4 Å². The third-order valence-electron chi connectivity index (χ3n) is 5.01. The first-order valence-corrected chi connectivity index (χ1v) is 8.46. The quantitative estimate of drug-likeness (QED) is 0.843. The van der Waals surface area contributed by atoms with Gasteiger partial charge in [0.25, 0.3) is 11.5 Å². The van der Waals surface area contributed by atoms with E-state index in [1.807, 2.05) is 13.8 Å². The Morgan fingerprint density at radius 3 is 2.62 bits per heavy atom. The van der Waals surface area contributed by atoms with Crippen LogP contribution in [0.3, 0.4) is 0 Å². The molecule has 0 unspecified atom stereocenters. The number of aromatic nitrogens is 2. The lowest BCUT2D eigenvalue weighted by atomic mass is 9.63. The van der Waals surface area contributed by atoms with Crippen molar-refractivity contribution in [2.45, 2.75) is 52.7 Å². The molecule has 1 aliphatic rings. The zero-order valence-corrected chi connectivity index (χ0v) is 15.1. The average Bonchev–Trinajstić information content (AvgIpc) is 2.54. The van der Waals surface area contributed by atoms with Crippen molar-refractivity contribution in [3.63, 3.8) is 0 Å². The Bertz CT molecular complexity index is 719. The van der Waals surface area contributed by atoms with E-state index in [-0.39, 0.29) is 29.0 Å². The van der Waals surface area contributed by atoms with E-state index >= 15 is 0 Å². The van der Waals surface area contributed by atoms with Gasteiger partial charge in [-0.1, -0.05) is 20.8 Å². The van der Waals surface area contributed by atoms with E-state index in [2.05, 4.69) is 18.8 Å². The van der Waals surface area contributed by atoms with Crippen molar-refractivity contribution in [1.82, 2.24) is 14.5 Å². The largest absolute Gasteiger partial charge is 0.378 e. The predicted molar refractivity (Wildman–Crippen MR) is 91.2 cm³/mol.